The zero-order valence-electron chi connectivity index (χ0n) is 23.1. The quantitative estimate of drug-likeness (QED) is 0.150. The maximum absolute atomic E-state index is 12.9. The summed E-state index contributed by atoms with van der Waals surface area (Å²) in [5.74, 6) is 1.66. The van der Waals surface area contributed by atoms with E-state index in [-0.39, 0.29) is 24.8 Å². The summed E-state index contributed by atoms with van der Waals surface area (Å²) in [7, 11) is 1.93. The van der Waals surface area contributed by atoms with Crippen molar-refractivity contribution < 1.29 is 24.2 Å². The van der Waals surface area contributed by atoms with Crippen molar-refractivity contribution in [2.24, 2.45) is 7.05 Å². The summed E-state index contributed by atoms with van der Waals surface area (Å²) >= 11 is 0. The average molecular weight is 556 g/mol. The lowest BCUT2D eigenvalue weighted by atomic mass is 10.2. The molecule has 2 aromatic heterocycles. The van der Waals surface area contributed by atoms with Crippen molar-refractivity contribution in [2.75, 3.05) is 19.8 Å². The van der Waals surface area contributed by atoms with Gasteiger partial charge in [0.15, 0.2) is 0 Å². The zero-order valence-corrected chi connectivity index (χ0v) is 23.1. The van der Waals surface area contributed by atoms with E-state index in [1.807, 2.05) is 30.7 Å². The van der Waals surface area contributed by atoms with Gasteiger partial charge in [0.25, 0.3) is 5.91 Å². The van der Waals surface area contributed by atoms with Gasteiger partial charge >= 0.3 is 5.97 Å². The molecule has 41 heavy (non-hydrogen) atoms. The Morgan fingerprint density at radius 2 is 1.85 bits per heavy atom. The van der Waals surface area contributed by atoms with Crippen molar-refractivity contribution in [2.45, 2.75) is 32.6 Å². The fraction of sp³-hybridized carbons (Fsp3) is 0.290. The third-order valence-electron chi connectivity index (χ3n) is 6.82. The third-order valence-corrected chi connectivity index (χ3v) is 6.82. The van der Waals surface area contributed by atoms with Gasteiger partial charge in [0, 0.05) is 31.5 Å². The molecule has 5 rings (SSSR count). The van der Waals surface area contributed by atoms with Gasteiger partial charge in [0.05, 0.1) is 35.2 Å². The number of aromatic amines is 1. The number of imidazole rings is 2. The number of esters is 1. The van der Waals surface area contributed by atoms with Crippen LogP contribution in [0.4, 0.5) is 0 Å². The number of aryl methyl sites for hydroxylation is 3. The molecule has 0 atom stereocenters. The standard InChI is InChI=1S/C31H33N5O5/c1-3-4-16-41-31(39)22-7-5-6-8-27(22)40-17-15-32-30(38)20-9-11-24-26(18-20)36(2)29(35-24)14-13-28-33-23-12-10-21(37)19-25(23)34-28/h5-12,18-19,37H,3-4,13-17H2,1-2H3,(H,32,38)(H,33,34). The first-order valence-electron chi connectivity index (χ1n) is 13.7. The molecule has 1 amide bonds. The van der Waals surface area contributed by atoms with Gasteiger partial charge in [-0.1, -0.05) is 25.5 Å². The highest BCUT2D eigenvalue weighted by atomic mass is 16.5. The number of amides is 1. The van der Waals surface area contributed by atoms with Gasteiger partial charge < -0.3 is 29.4 Å². The number of H-pyrrole nitrogens is 1. The molecule has 10 nitrogen and oxygen atoms in total. The molecule has 0 spiro atoms. The predicted octanol–water partition coefficient (Wildman–Crippen LogP) is 4.71. The first-order valence-corrected chi connectivity index (χ1v) is 13.7. The SMILES string of the molecule is CCCCOC(=O)c1ccccc1OCCNC(=O)c1ccc2nc(CCc3nc4cc(O)ccc4[nH]3)n(C)c2c1. The second-order valence-corrected chi connectivity index (χ2v) is 9.77. The molecule has 0 aliphatic rings. The van der Waals surface area contributed by atoms with Gasteiger partial charge in [-0.2, -0.15) is 0 Å². The molecule has 2 heterocycles. The second kappa shape index (κ2) is 12.5. The van der Waals surface area contributed by atoms with Crippen molar-refractivity contribution in [3.05, 3.63) is 83.4 Å². The molecule has 0 radical (unpaired) electrons. The van der Waals surface area contributed by atoms with Crippen molar-refractivity contribution in [3.63, 3.8) is 0 Å². The maximum Gasteiger partial charge on any atom is 0.341 e. The number of para-hydroxylation sites is 1. The molecule has 0 saturated carbocycles. The molecular formula is C31H33N5O5. The highest BCUT2D eigenvalue weighted by Crippen LogP contribution is 2.21. The Balaban J connectivity index is 1.16. The maximum atomic E-state index is 12.9. The molecule has 0 fully saturated rings. The number of ether oxygens (including phenoxy) is 2. The van der Waals surface area contributed by atoms with E-state index < -0.39 is 5.97 Å². The lowest BCUT2D eigenvalue weighted by Crippen LogP contribution is -2.28. The summed E-state index contributed by atoms with van der Waals surface area (Å²) in [5.41, 5.74) is 4.14. The average Bonchev–Trinajstić information content (AvgIpc) is 3.53. The fourth-order valence-electron chi connectivity index (χ4n) is 4.58. The minimum Gasteiger partial charge on any atom is -0.508 e. The van der Waals surface area contributed by atoms with E-state index in [0.717, 1.165) is 46.6 Å². The van der Waals surface area contributed by atoms with Gasteiger partial charge in [-0.05, 0) is 48.9 Å². The predicted molar refractivity (Wildman–Crippen MR) is 155 cm³/mol. The normalized spacial score (nSPS) is 11.2. The third kappa shape index (κ3) is 6.49. The number of nitrogens with one attached hydrogen (secondary N) is 2. The molecule has 0 unspecified atom stereocenters. The van der Waals surface area contributed by atoms with Crippen LogP contribution in [0.2, 0.25) is 0 Å². The number of aromatic nitrogens is 4. The van der Waals surface area contributed by atoms with Crippen LogP contribution in [0.15, 0.2) is 60.7 Å². The molecule has 3 N–H and O–H groups in total. The van der Waals surface area contributed by atoms with Crippen LogP contribution in [-0.4, -0.2) is 56.3 Å². The molecule has 3 aromatic carbocycles. The summed E-state index contributed by atoms with van der Waals surface area (Å²) in [6, 6.07) is 17.4. The topological polar surface area (TPSA) is 131 Å². The van der Waals surface area contributed by atoms with Gasteiger partial charge in [0.2, 0.25) is 0 Å². The Morgan fingerprint density at radius 1 is 1.00 bits per heavy atom. The summed E-state index contributed by atoms with van der Waals surface area (Å²) in [6.07, 6.45) is 3.06. The minimum atomic E-state index is -0.417. The smallest absolute Gasteiger partial charge is 0.341 e. The lowest BCUT2D eigenvalue weighted by molar-refractivity contribution is 0.0494. The van der Waals surface area contributed by atoms with E-state index in [4.69, 9.17) is 14.5 Å². The number of rotatable bonds is 12. The number of phenolic OH excluding ortho intramolecular Hbond substituents is 1. The summed E-state index contributed by atoms with van der Waals surface area (Å²) in [6.45, 7) is 2.87. The first-order chi connectivity index (χ1) is 19.9. The molecular weight excluding hydrogens is 522 g/mol. The number of phenols is 1. The Morgan fingerprint density at radius 3 is 2.71 bits per heavy atom. The molecule has 10 heteroatoms. The van der Waals surface area contributed by atoms with E-state index in [0.29, 0.717) is 36.3 Å². The number of nitrogens with zero attached hydrogens (tertiary/aromatic N) is 3. The van der Waals surface area contributed by atoms with Crippen molar-refractivity contribution in [1.29, 1.82) is 0 Å². The van der Waals surface area contributed by atoms with Gasteiger partial charge in [-0.15, -0.1) is 0 Å². The van der Waals surface area contributed by atoms with Crippen LogP contribution in [0.25, 0.3) is 22.1 Å². The number of unbranched alkanes of at least 4 members (excludes halogenated alkanes) is 1. The molecule has 5 aromatic rings. The van der Waals surface area contributed by atoms with Crippen LogP contribution in [-0.2, 0) is 24.6 Å². The molecule has 212 valence electrons. The highest BCUT2D eigenvalue weighted by molar-refractivity contribution is 5.97. The van der Waals surface area contributed by atoms with E-state index in [2.05, 4.69) is 15.3 Å². The van der Waals surface area contributed by atoms with Gasteiger partial charge in [0.1, 0.15) is 35.3 Å². The van der Waals surface area contributed by atoms with Gasteiger partial charge in [-0.25, -0.2) is 14.8 Å². The molecule has 0 aliphatic carbocycles. The number of carbonyl (C=O) groups is 2. The van der Waals surface area contributed by atoms with Crippen molar-refractivity contribution in [3.8, 4) is 11.5 Å². The Hall–Kier alpha value is -4.86. The Bertz CT molecular complexity index is 1690. The number of hydrogen-bond acceptors (Lipinski definition) is 7. The number of hydrogen-bond donors (Lipinski definition) is 3. The summed E-state index contributed by atoms with van der Waals surface area (Å²) in [4.78, 5) is 37.8. The molecule has 0 saturated heterocycles. The summed E-state index contributed by atoms with van der Waals surface area (Å²) < 4.78 is 13.1. The molecule has 0 bridgehead atoms. The van der Waals surface area contributed by atoms with Crippen LogP contribution in [0.1, 0.15) is 52.1 Å². The van der Waals surface area contributed by atoms with Crippen molar-refractivity contribution >= 4 is 33.9 Å². The monoisotopic (exact) mass is 555 g/mol. The summed E-state index contributed by atoms with van der Waals surface area (Å²) in [5, 5.41) is 12.5. The minimum absolute atomic E-state index is 0.184. The number of aromatic hydroxyl groups is 1. The van der Waals surface area contributed by atoms with Crippen LogP contribution in [0, 0.1) is 0 Å². The van der Waals surface area contributed by atoms with E-state index in [1.165, 1.54) is 0 Å². The lowest BCUT2D eigenvalue weighted by Gasteiger charge is -2.12. The van der Waals surface area contributed by atoms with Crippen molar-refractivity contribution in [1.82, 2.24) is 24.8 Å². The van der Waals surface area contributed by atoms with E-state index >= 15 is 0 Å². The Labute approximate surface area is 237 Å². The molecule has 0 aliphatic heterocycles. The van der Waals surface area contributed by atoms with E-state index in [9.17, 15) is 14.7 Å². The van der Waals surface area contributed by atoms with Crippen LogP contribution in [0.5, 0.6) is 11.5 Å². The first kappa shape index (κ1) is 27.7. The zero-order chi connectivity index (χ0) is 28.8. The number of benzene rings is 3. The number of fused-ring (bicyclic) bond motifs is 2. The van der Waals surface area contributed by atoms with Crippen LogP contribution in [0.3, 0.4) is 0 Å². The highest BCUT2D eigenvalue weighted by Gasteiger charge is 2.15. The second-order valence-electron chi connectivity index (χ2n) is 9.77. The Kier molecular flexibility index (Phi) is 8.47. The van der Waals surface area contributed by atoms with Crippen LogP contribution < -0.4 is 10.1 Å². The van der Waals surface area contributed by atoms with Gasteiger partial charge in [-0.3, -0.25) is 4.79 Å². The number of carbonyl (C=O) groups excluding carboxylic acids is 2. The van der Waals surface area contributed by atoms with Crippen LogP contribution >= 0.6 is 0 Å². The largest absolute Gasteiger partial charge is 0.508 e. The fourth-order valence-corrected chi connectivity index (χ4v) is 4.58. The van der Waals surface area contributed by atoms with E-state index in [1.54, 1.807) is 48.5 Å².